The van der Waals surface area contributed by atoms with Crippen molar-refractivity contribution in [1.29, 1.82) is 0 Å². The van der Waals surface area contributed by atoms with Crippen molar-refractivity contribution in [2.75, 3.05) is 13.2 Å². The van der Waals surface area contributed by atoms with E-state index in [2.05, 4.69) is 15.9 Å². The quantitative estimate of drug-likeness (QED) is 0.910. The molecule has 1 aliphatic heterocycles. The highest BCUT2D eigenvalue weighted by molar-refractivity contribution is 9.10. The first-order chi connectivity index (χ1) is 8.15. The fraction of sp³-hybridized carbons (Fsp3) is 0.417. The summed E-state index contributed by atoms with van der Waals surface area (Å²) in [6, 6.07) is 3.61. The van der Waals surface area contributed by atoms with Crippen LogP contribution in [0.5, 0.6) is 11.5 Å². The molecule has 0 atom stereocenters. The van der Waals surface area contributed by atoms with Gasteiger partial charge < -0.3 is 14.6 Å². The van der Waals surface area contributed by atoms with Crippen molar-refractivity contribution < 1.29 is 19.4 Å². The predicted octanol–water partition coefficient (Wildman–Crippen LogP) is 2.34. The molecule has 0 amide bonds. The van der Waals surface area contributed by atoms with Gasteiger partial charge in [-0.15, -0.1) is 0 Å². The number of aliphatic carboxylic acids is 1. The van der Waals surface area contributed by atoms with Crippen LogP contribution in [0, 0.1) is 0 Å². The van der Waals surface area contributed by atoms with E-state index in [0.717, 1.165) is 10.0 Å². The van der Waals surface area contributed by atoms with Gasteiger partial charge in [-0.2, -0.15) is 0 Å². The maximum absolute atomic E-state index is 11.3. The fourth-order valence-corrected chi connectivity index (χ4v) is 3.00. The summed E-state index contributed by atoms with van der Waals surface area (Å²) in [6.45, 7) is 1.03. The standard InChI is InChI=1S/C12H11BrO4/c13-9-7(12(3-4-12)11(14)15)1-2-8-10(9)17-6-5-16-8/h1-2H,3-6H2,(H,14,15). The van der Waals surface area contributed by atoms with E-state index < -0.39 is 11.4 Å². The number of hydrogen-bond acceptors (Lipinski definition) is 3. The van der Waals surface area contributed by atoms with Gasteiger partial charge in [0.25, 0.3) is 0 Å². The molecule has 17 heavy (non-hydrogen) atoms. The molecule has 0 aromatic heterocycles. The lowest BCUT2D eigenvalue weighted by atomic mass is 9.95. The normalized spacial score (nSPS) is 19.8. The molecule has 1 heterocycles. The maximum atomic E-state index is 11.3. The van der Waals surface area contributed by atoms with E-state index in [9.17, 15) is 9.90 Å². The number of benzene rings is 1. The highest BCUT2D eigenvalue weighted by atomic mass is 79.9. The summed E-state index contributed by atoms with van der Waals surface area (Å²) < 4.78 is 11.7. The van der Waals surface area contributed by atoms with Gasteiger partial charge in [0.15, 0.2) is 11.5 Å². The van der Waals surface area contributed by atoms with E-state index in [1.165, 1.54) is 0 Å². The van der Waals surface area contributed by atoms with Crippen LogP contribution in [0.2, 0.25) is 0 Å². The topological polar surface area (TPSA) is 55.8 Å². The number of fused-ring (bicyclic) bond motifs is 1. The highest BCUT2D eigenvalue weighted by Gasteiger charge is 2.53. The molecule has 3 rings (SSSR count). The van der Waals surface area contributed by atoms with Gasteiger partial charge in [0, 0.05) is 0 Å². The Morgan fingerprint density at radius 3 is 2.65 bits per heavy atom. The summed E-state index contributed by atoms with van der Waals surface area (Å²) >= 11 is 3.44. The third-order valence-electron chi connectivity index (χ3n) is 3.32. The SMILES string of the molecule is O=C(O)C1(c2ccc3c(c2Br)OCCO3)CC1. The van der Waals surface area contributed by atoms with Gasteiger partial charge >= 0.3 is 5.97 Å². The molecule has 1 saturated carbocycles. The van der Waals surface area contributed by atoms with Crippen molar-refractivity contribution in [3.8, 4) is 11.5 Å². The lowest BCUT2D eigenvalue weighted by Crippen LogP contribution is -2.22. The van der Waals surface area contributed by atoms with Crippen molar-refractivity contribution in [3.63, 3.8) is 0 Å². The van der Waals surface area contributed by atoms with E-state index in [1.54, 1.807) is 6.07 Å². The van der Waals surface area contributed by atoms with E-state index in [4.69, 9.17) is 9.47 Å². The summed E-state index contributed by atoms with van der Waals surface area (Å²) in [5.41, 5.74) is 0.0588. The van der Waals surface area contributed by atoms with Crippen molar-refractivity contribution in [2.45, 2.75) is 18.3 Å². The summed E-state index contributed by atoms with van der Waals surface area (Å²) in [5.74, 6) is 0.532. The Morgan fingerprint density at radius 2 is 2.00 bits per heavy atom. The number of carboxylic acids is 1. The van der Waals surface area contributed by atoms with Gasteiger partial charge in [0.1, 0.15) is 13.2 Å². The Balaban J connectivity index is 2.10. The molecule has 0 radical (unpaired) electrons. The summed E-state index contributed by atoms with van der Waals surface area (Å²) in [5, 5.41) is 9.29. The van der Waals surface area contributed by atoms with Gasteiger partial charge in [-0.05, 0) is 40.4 Å². The third kappa shape index (κ3) is 1.52. The zero-order valence-electron chi connectivity index (χ0n) is 9.03. The van der Waals surface area contributed by atoms with Crippen molar-refractivity contribution in [2.24, 2.45) is 0 Å². The molecule has 1 aliphatic carbocycles. The molecule has 1 aromatic carbocycles. The third-order valence-corrected chi connectivity index (χ3v) is 4.11. The van der Waals surface area contributed by atoms with Crippen LogP contribution in [-0.2, 0) is 10.2 Å². The first-order valence-electron chi connectivity index (χ1n) is 5.47. The number of ether oxygens (including phenoxy) is 2. The molecular weight excluding hydrogens is 288 g/mol. The first-order valence-corrected chi connectivity index (χ1v) is 6.26. The molecule has 1 aromatic rings. The second-order valence-corrected chi connectivity index (χ2v) is 5.13. The summed E-state index contributed by atoms with van der Waals surface area (Å²) in [7, 11) is 0. The Hall–Kier alpha value is -1.23. The van der Waals surface area contributed by atoms with Crippen molar-refractivity contribution in [1.82, 2.24) is 0 Å². The summed E-state index contributed by atoms with van der Waals surface area (Å²) in [6.07, 6.45) is 1.36. The van der Waals surface area contributed by atoms with Crippen LogP contribution in [0.4, 0.5) is 0 Å². The average Bonchev–Trinajstić information content (AvgIpc) is 3.11. The average molecular weight is 299 g/mol. The molecule has 90 valence electrons. The van der Waals surface area contributed by atoms with Gasteiger partial charge in [-0.3, -0.25) is 4.79 Å². The largest absolute Gasteiger partial charge is 0.486 e. The van der Waals surface area contributed by atoms with Crippen LogP contribution in [0.3, 0.4) is 0 Å². The van der Waals surface area contributed by atoms with Crippen LogP contribution in [-0.4, -0.2) is 24.3 Å². The molecule has 0 spiro atoms. The molecule has 5 heteroatoms. The molecule has 1 fully saturated rings. The van der Waals surface area contributed by atoms with E-state index >= 15 is 0 Å². The van der Waals surface area contributed by atoms with Crippen molar-refractivity contribution >= 4 is 21.9 Å². The number of rotatable bonds is 2. The monoisotopic (exact) mass is 298 g/mol. The molecular formula is C12H11BrO4. The second-order valence-electron chi connectivity index (χ2n) is 4.34. The Labute approximate surface area is 107 Å². The van der Waals surface area contributed by atoms with Crippen molar-refractivity contribution in [3.05, 3.63) is 22.2 Å². The van der Waals surface area contributed by atoms with E-state index in [-0.39, 0.29) is 0 Å². The minimum atomic E-state index is -0.769. The van der Waals surface area contributed by atoms with Crippen LogP contribution in [0.15, 0.2) is 16.6 Å². The number of carboxylic acid groups (broad SMARTS) is 1. The van der Waals surface area contributed by atoms with Crippen LogP contribution in [0.1, 0.15) is 18.4 Å². The minimum absolute atomic E-state index is 0.495. The number of carbonyl (C=O) groups is 1. The van der Waals surface area contributed by atoms with Gasteiger partial charge in [0.05, 0.1) is 9.89 Å². The Bertz CT molecular complexity index is 494. The van der Waals surface area contributed by atoms with Crippen LogP contribution >= 0.6 is 15.9 Å². The highest BCUT2D eigenvalue weighted by Crippen LogP contribution is 2.54. The maximum Gasteiger partial charge on any atom is 0.314 e. The lowest BCUT2D eigenvalue weighted by molar-refractivity contribution is -0.140. The van der Waals surface area contributed by atoms with Crippen LogP contribution < -0.4 is 9.47 Å². The lowest BCUT2D eigenvalue weighted by Gasteiger charge is -2.22. The second kappa shape index (κ2) is 3.63. The van der Waals surface area contributed by atoms with E-state index in [0.29, 0.717) is 37.6 Å². The molecule has 1 N–H and O–H groups in total. The smallest absolute Gasteiger partial charge is 0.314 e. The summed E-state index contributed by atoms with van der Waals surface area (Å²) in [4.78, 5) is 11.3. The molecule has 0 unspecified atom stereocenters. The zero-order valence-corrected chi connectivity index (χ0v) is 10.6. The van der Waals surface area contributed by atoms with Gasteiger partial charge in [-0.25, -0.2) is 0 Å². The van der Waals surface area contributed by atoms with E-state index in [1.807, 2.05) is 6.07 Å². The van der Waals surface area contributed by atoms with Crippen LogP contribution in [0.25, 0.3) is 0 Å². The first kappa shape index (κ1) is 10.9. The van der Waals surface area contributed by atoms with Gasteiger partial charge in [0.2, 0.25) is 0 Å². The fourth-order valence-electron chi connectivity index (χ4n) is 2.17. The minimum Gasteiger partial charge on any atom is -0.486 e. The zero-order chi connectivity index (χ0) is 12.0. The molecule has 0 saturated heterocycles. The Morgan fingerprint density at radius 1 is 1.29 bits per heavy atom. The Kier molecular flexibility index (Phi) is 2.33. The molecule has 0 bridgehead atoms. The predicted molar refractivity (Wildman–Crippen MR) is 63.7 cm³/mol. The number of hydrogen-bond donors (Lipinski definition) is 1. The van der Waals surface area contributed by atoms with Gasteiger partial charge in [-0.1, -0.05) is 6.07 Å². The molecule has 2 aliphatic rings. The number of halogens is 1. The molecule has 4 nitrogen and oxygen atoms in total.